The molecule has 1 aromatic rings. The number of hydrogen-bond acceptors (Lipinski definition) is 3. The molecule has 0 aliphatic rings. The zero-order chi connectivity index (χ0) is 9.68. The van der Waals surface area contributed by atoms with E-state index in [9.17, 15) is 0 Å². The molecular weight excluding hydrogens is 232 g/mol. The minimum Gasteiger partial charge on any atom is -0.321 e. The SMILES string of the molecule is N#Cc1ncn(CCCBr)c1C#N. The van der Waals surface area contributed by atoms with Gasteiger partial charge in [0, 0.05) is 11.9 Å². The molecule has 1 heterocycles. The Bertz CT molecular complexity index is 368. The largest absolute Gasteiger partial charge is 0.321 e. The molecule has 1 aromatic heterocycles. The Kier molecular flexibility index (Phi) is 3.48. The van der Waals surface area contributed by atoms with E-state index in [2.05, 4.69) is 20.9 Å². The van der Waals surface area contributed by atoms with Crippen LogP contribution in [0.25, 0.3) is 0 Å². The van der Waals surface area contributed by atoms with Gasteiger partial charge in [-0.1, -0.05) is 15.9 Å². The second-order valence-corrected chi connectivity index (χ2v) is 3.19. The first-order chi connectivity index (χ1) is 6.33. The Morgan fingerprint density at radius 2 is 2.23 bits per heavy atom. The number of aromatic nitrogens is 2. The van der Waals surface area contributed by atoms with Gasteiger partial charge in [-0.3, -0.25) is 0 Å². The zero-order valence-corrected chi connectivity index (χ0v) is 8.45. The first-order valence-electron chi connectivity index (χ1n) is 3.74. The molecule has 0 bridgehead atoms. The highest BCUT2D eigenvalue weighted by atomic mass is 79.9. The van der Waals surface area contributed by atoms with Gasteiger partial charge >= 0.3 is 0 Å². The van der Waals surface area contributed by atoms with Gasteiger partial charge in [-0.2, -0.15) is 10.5 Å². The van der Waals surface area contributed by atoms with Crippen LogP contribution in [0.2, 0.25) is 0 Å². The molecule has 0 unspecified atom stereocenters. The van der Waals surface area contributed by atoms with E-state index in [1.807, 2.05) is 12.1 Å². The van der Waals surface area contributed by atoms with E-state index in [0.29, 0.717) is 12.2 Å². The molecule has 13 heavy (non-hydrogen) atoms. The summed E-state index contributed by atoms with van der Waals surface area (Å²) >= 11 is 3.30. The number of nitriles is 2. The number of nitrogens with zero attached hydrogens (tertiary/aromatic N) is 4. The summed E-state index contributed by atoms with van der Waals surface area (Å²) in [5, 5.41) is 18.2. The van der Waals surface area contributed by atoms with E-state index in [0.717, 1.165) is 11.8 Å². The third-order valence-electron chi connectivity index (χ3n) is 1.58. The van der Waals surface area contributed by atoms with E-state index in [4.69, 9.17) is 10.5 Å². The molecular formula is C8H7BrN4. The maximum Gasteiger partial charge on any atom is 0.176 e. The fourth-order valence-electron chi connectivity index (χ4n) is 0.981. The van der Waals surface area contributed by atoms with Gasteiger partial charge in [-0.05, 0) is 6.42 Å². The molecule has 0 atom stereocenters. The van der Waals surface area contributed by atoms with Gasteiger partial charge in [0.25, 0.3) is 0 Å². The van der Waals surface area contributed by atoms with Crippen LogP contribution in [0.4, 0.5) is 0 Å². The van der Waals surface area contributed by atoms with E-state index in [-0.39, 0.29) is 5.69 Å². The summed E-state index contributed by atoms with van der Waals surface area (Å²) in [6.07, 6.45) is 2.44. The average Bonchev–Trinajstić information content (AvgIpc) is 2.56. The fraction of sp³-hybridized carbons (Fsp3) is 0.375. The molecule has 0 saturated carbocycles. The van der Waals surface area contributed by atoms with Gasteiger partial charge in [-0.25, -0.2) is 4.98 Å². The molecule has 0 amide bonds. The third kappa shape index (κ3) is 2.07. The Labute approximate surface area is 84.5 Å². The van der Waals surface area contributed by atoms with Gasteiger partial charge < -0.3 is 4.57 Å². The molecule has 0 spiro atoms. The third-order valence-corrected chi connectivity index (χ3v) is 2.14. The van der Waals surface area contributed by atoms with E-state index < -0.39 is 0 Å². The average molecular weight is 239 g/mol. The summed E-state index contributed by atoms with van der Waals surface area (Å²) in [7, 11) is 0. The summed E-state index contributed by atoms with van der Waals surface area (Å²) in [5.74, 6) is 0. The highest BCUT2D eigenvalue weighted by Gasteiger charge is 2.08. The Morgan fingerprint density at radius 3 is 2.77 bits per heavy atom. The predicted molar refractivity (Wildman–Crippen MR) is 50.1 cm³/mol. The Morgan fingerprint density at radius 1 is 1.46 bits per heavy atom. The van der Waals surface area contributed by atoms with Crippen LogP contribution in [0.15, 0.2) is 6.33 Å². The zero-order valence-electron chi connectivity index (χ0n) is 6.87. The fourth-order valence-corrected chi connectivity index (χ4v) is 1.23. The predicted octanol–water partition coefficient (Wildman–Crippen LogP) is 1.41. The van der Waals surface area contributed by atoms with Crippen LogP contribution in [0.1, 0.15) is 17.8 Å². The van der Waals surface area contributed by atoms with E-state index >= 15 is 0 Å². The minimum atomic E-state index is 0.206. The van der Waals surface area contributed by atoms with Gasteiger partial charge in [0.2, 0.25) is 0 Å². The quantitative estimate of drug-likeness (QED) is 0.749. The van der Waals surface area contributed by atoms with Crippen molar-refractivity contribution in [3.63, 3.8) is 0 Å². The van der Waals surface area contributed by atoms with Gasteiger partial charge in [0.15, 0.2) is 11.4 Å². The molecule has 5 heteroatoms. The van der Waals surface area contributed by atoms with Crippen molar-refractivity contribution in [3.8, 4) is 12.1 Å². The van der Waals surface area contributed by atoms with E-state index in [1.165, 1.54) is 6.33 Å². The van der Waals surface area contributed by atoms with Crippen LogP contribution in [-0.4, -0.2) is 14.9 Å². The first-order valence-corrected chi connectivity index (χ1v) is 4.87. The van der Waals surface area contributed by atoms with Crippen molar-refractivity contribution in [1.29, 1.82) is 10.5 Å². The normalized spacial score (nSPS) is 9.15. The van der Waals surface area contributed by atoms with Crippen LogP contribution in [-0.2, 0) is 6.54 Å². The number of halogens is 1. The van der Waals surface area contributed by atoms with Gasteiger partial charge in [-0.15, -0.1) is 0 Å². The molecule has 0 radical (unpaired) electrons. The lowest BCUT2D eigenvalue weighted by molar-refractivity contribution is 0.678. The van der Waals surface area contributed by atoms with Crippen molar-refractivity contribution in [3.05, 3.63) is 17.7 Å². The maximum absolute atomic E-state index is 8.74. The van der Waals surface area contributed by atoms with Crippen LogP contribution >= 0.6 is 15.9 Å². The molecule has 0 aromatic carbocycles. The second-order valence-electron chi connectivity index (χ2n) is 2.40. The standard InChI is InChI=1S/C8H7BrN4/c9-2-1-3-13-6-12-7(4-10)8(13)5-11/h6H,1-3H2. The van der Waals surface area contributed by atoms with Crippen LogP contribution in [0.3, 0.4) is 0 Å². The summed E-state index contributed by atoms with van der Waals surface area (Å²) in [6.45, 7) is 0.711. The van der Waals surface area contributed by atoms with Crippen molar-refractivity contribution < 1.29 is 0 Å². The van der Waals surface area contributed by atoms with Crippen molar-refractivity contribution in [2.45, 2.75) is 13.0 Å². The molecule has 0 N–H and O–H groups in total. The van der Waals surface area contributed by atoms with Crippen molar-refractivity contribution >= 4 is 15.9 Å². The highest BCUT2D eigenvalue weighted by molar-refractivity contribution is 9.09. The summed E-state index contributed by atoms with van der Waals surface area (Å²) in [6, 6.07) is 3.84. The van der Waals surface area contributed by atoms with Crippen LogP contribution in [0, 0.1) is 22.7 Å². The smallest absolute Gasteiger partial charge is 0.176 e. The van der Waals surface area contributed by atoms with Gasteiger partial charge in [0.05, 0.1) is 6.33 Å². The van der Waals surface area contributed by atoms with Crippen molar-refractivity contribution in [1.82, 2.24) is 9.55 Å². The lowest BCUT2D eigenvalue weighted by atomic mass is 10.3. The lowest BCUT2D eigenvalue weighted by Gasteiger charge is -1.99. The highest BCUT2D eigenvalue weighted by Crippen LogP contribution is 2.06. The number of aryl methyl sites for hydroxylation is 1. The number of imidazole rings is 1. The first kappa shape index (κ1) is 9.76. The van der Waals surface area contributed by atoms with Crippen LogP contribution in [0.5, 0.6) is 0 Å². The Balaban J connectivity index is 2.91. The number of hydrogen-bond donors (Lipinski definition) is 0. The molecule has 66 valence electrons. The topological polar surface area (TPSA) is 65.4 Å². The Hall–Kier alpha value is -1.33. The number of rotatable bonds is 3. The minimum absolute atomic E-state index is 0.206. The summed E-state index contributed by atoms with van der Waals surface area (Å²) in [4.78, 5) is 3.82. The van der Waals surface area contributed by atoms with Crippen molar-refractivity contribution in [2.75, 3.05) is 5.33 Å². The molecule has 0 saturated heterocycles. The molecule has 4 nitrogen and oxygen atoms in total. The maximum atomic E-state index is 8.74. The van der Waals surface area contributed by atoms with E-state index in [1.54, 1.807) is 4.57 Å². The number of alkyl halides is 1. The van der Waals surface area contributed by atoms with Crippen molar-refractivity contribution in [2.24, 2.45) is 0 Å². The lowest BCUT2D eigenvalue weighted by Crippen LogP contribution is -2.00. The van der Waals surface area contributed by atoms with Crippen LogP contribution < -0.4 is 0 Å². The summed E-state index contributed by atoms with van der Waals surface area (Å²) < 4.78 is 1.69. The molecule has 0 aliphatic carbocycles. The van der Waals surface area contributed by atoms with Gasteiger partial charge in [0.1, 0.15) is 12.1 Å². The summed E-state index contributed by atoms with van der Waals surface area (Å²) in [5.41, 5.74) is 0.556. The molecule has 0 aliphatic heterocycles. The second kappa shape index (κ2) is 4.64. The molecule has 0 fully saturated rings. The molecule has 1 rings (SSSR count). The monoisotopic (exact) mass is 238 g/mol.